The minimum Gasteiger partial charge on any atom is -0.303 e. The molecule has 1 fully saturated rings. The number of nitrogens with two attached hydrogens (primary N) is 1. The van der Waals surface area contributed by atoms with Gasteiger partial charge in [0, 0.05) is 19.6 Å². The Kier molecular flexibility index (Phi) is 2.77. The summed E-state index contributed by atoms with van der Waals surface area (Å²) in [5.74, 6) is 6.90. The molecule has 0 radical (unpaired) electrons. The first-order chi connectivity index (χ1) is 8.65. The molecule has 1 aliphatic heterocycles. The number of hydrogen-bond donors (Lipinski definition) is 1. The Balaban J connectivity index is 2.07. The summed E-state index contributed by atoms with van der Waals surface area (Å²) < 4.78 is 1.90. The van der Waals surface area contributed by atoms with Crippen LogP contribution in [0.1, 0.15) is 17.6 Å². The van der Waals surface area contributed by atoms with Crippen molar-refractivity contribution in [3.63, 3.8) is 0 Å². The van der Waals surface area contributed by atoms with E-state index in [9.17, 15) is 0 Å². The van der Waals surface area contributed by atoms with Crippen LogP contribution in [0, 0.1) is 6.92 Å². The zero-order chi connectivity index (χ0) is 12.7. The third-order valence-electron chi connectivity index (χ3n) is 3.46. The normalized spacial score (nSPS) is 22.7. The van der Waals surface area contributed by atoms with Crippen molar-refractivity contribution in [2.24, 2.45) is 5.84 Å². The molecule has 0 aliphatic carbocycles. The molecule has 6 heteroatoms. The summed E-state index contributed by atoms with van der Waals surface area (Å²) in [6.45, 7) is 4.68. The maximum absolute atomic E-state index is 6.12. The average molecular weight is 246 g/mol. The van der Waals surface area contributed by atoms with Crippen molar-refractivity contribution >= 4 is 5.65 Å². The Hall–Kier alpha value is -1.50. The van der Waals surface area contributed by atoms with Crippen molar-refractivity contribution in [2.45, 2.75) is 13.0 Å². The summed E-state index contributed by atoms with van der Waals surface area (Å²) in [6, 6.07) is 6.22. The van der Waals surface area contributed by atoms with E-state index >= 15 is 0 Å². The minimum atomic E-state index is 0.161. The molecule has 18 heavy (non-hydrogen) atoms. The van der Waals surface area contributed by atoms with E-state index in [0.717, 1.165) is 36.8 Å². The van der Waals surface area contributed by atoms with Crippen LogP contribution in [0.15, 0.2) is 18.2 Å². The van der Waals surface area contributed by atoms with Crippen LogP contribution in [0.2, 0.25) is 0 Å². The molecular formula is C12H18N6. The molecule has 0 aromatic carbocycles. The lowest BCUT2D eigenvalue weighted by molar-refractivity contribution is 0.0868. The molecule has 1 saturated heterocycles. The first-order valence-corrected chi connectivity index (χ1v) is 6.17. The van der Waals surface area contributed by atoms with E-state index in [1.807, 2.05) is 28.6 Å². The standard InChI is InChI=1S/C12H18N6/c1-9-14-12-5-3-4-10(18(12)15-9)11-8-16(2)6-7-17(11)13/h3-5,11H,6-8,13H2,1-2H3. The maximum atomic E-state index is 6.12. The Morgan fingerprint density at radius 1 is 1.33 bits per heavy atom. The second-order valence-electron chi connectivity index (χ2n) is 4.90. The van der Waals surface area contributed by atoms with Crippen LogP contribution in [0.25, 0.3) is 5.65 Å². The molecule has 0 saturated carbocycles. The molecule has 1 atom stereocenters. The van der Waals surface area contributed by atoms with Crippen LogP contribution < -0.4 is 5.84 Å². The first-order valence-electron chi connectivity index (χ1n) is 6.17. The smallest absolute Gasteiger partial charge is 0.155 e. The number of aromatic nitrogens is 3. The van der Waals surface area contributed by atoms with Gasteiger partial charge < -0.3 is 4.90 Å². The predicted molar refractivity (Wildman–Crippen MR) is 68.9 cm³/mol. The van der Waals surface area contributed by atoms with Gasteiger partial charge in [0.25, 0.3) is 0 Å². The number of rotatable bonds is 1. The zero-order valence-electron chi connectivity index (χ0n) is 10.7. The lowest BCUT2D eigenvalue weighted by Gasteiger charge is -2.37. The highest BCUT2D eigenvalue weighted by atomic mass is 15.5. The van der Waals surface area contributed by atoms with Gasteiger partial charge >= 0.3 is 0 Å². The lowest BCUT2D eigenvalue weighted by atomic mass is 10.1. The van der Waals surface area contributed by atoms with Crippen molar-refractivity contribution in [3.05, 3.63) is 29.7 Å². The Morgan fingerprint density at radius 2 is 2.17 bits per heavy atom. The van der Waals surface area contributed by atoms with Crippen molar-refractivity contribution in [1.29, 1.82) is 0 Å². The van der Waals surface area contributed by atoms with Crippen molar-refractivity contribution in [2.75, 3.05) is 26.7 Å². The Bertz CT molecular complexity index is 563. The molecular weight excluding hydrogens is 228 g/mol. The van der Waals surface area contributed by atoms with Gasteiger partial charge in [-0.05, 0) is 26.1 Å². The summed E-state index contributed by atoms with van der Waals surface area (Å²) >= 11 is 0. The SMILES string of the molecule is Cc1nc2cccc(C3CN(C)CCN3N)n2n1. The molecule has 2 aromatic rings. The molecule has 96 valence electrons. The minimum absolute atomic E-state index is 0.161. The number of hydrogen-bond acceptors (Lipinski definition) is 5. The number of piperazine rings is 1. The second-order valence-corrected chi connectivity index (χ2v) is 4.90. The van der Waals surface area contributed by atoms with E-state index < -0.39 is 0 Å². The predicted octanol–water partition coefficient (Wildman–Crippen LogP) is 0.200. The highest BCUT2D eigenvalue weighted by Gasteiger charge is 2.26. The van der Waals surface area contributed by atoms with Gasteiger partial charge in [0.05, 0.1) is 11.7 Å². The van der Waals surface area contributed by atoms with Gasteiger partial charge in [0.15, 0.2) is 5.65 Å². The van der Waals surface area contributed by atoms with E-state index in [1.54, 1.807) is 0 Å². The van der Waals surface area contributed by atoms with Gasteiger partial charge in [-0.3, -0.25) is 5.84 Å². The highest BCUT2D eigenvalue weighted by Crippen LogP contribution is 2.22. The highest BCUT2D eigenvalue weighted by molar-refractivity contribution is 5.39. The third-order valence-corrected chi connectivity index (χ3v) is 3.46. The topological polar surface area (TPSA) is 62.7 Å². The van der Waals surface area contributed by atoms with Gasteiger partial charge in [0.1, 0.15) is 5.82 Å². The van der Waals surface area contributed by atoms with Gasteiger partial charge in [0.2, 0.25) is 0 Å². The van der Waals surface area contributed by atoms with E-state index in [4.69, 9.17) is 5.84 Å². The van der Waals surface area contributed by atoms with Gasteiger partial charge in [-0.25, -0.2) is 14.5 Å². The number of aryl methyl sites for hydroxylation is 1. The summed E-state index contributed by atoms with van der Waals surface area (Å²) in [5, 5.41) is 6.35. The van der Waals surface area contributed by atoms with Gasteiger partial charge in [-0.1, -0.05) is 6.07 Å². The third kappa shape index (κ3) is 1.88. The van der Waals surface area contributed by atoms with E-state index in [1.165, 1.54) is 0 Å². The summed E-state index contributed by atoms with van der Waals surface area (Å²) in [6.07, 6.45) is 0. The first kappa shape index (κ1) is 11.6. The fourth-order valence-electron chi connectivity index (χ4n) is 2.48. The fourth-order valence-corrected chi connectivity index (χ4v) is 2.48. The second kappa shape index (κ2) is 4.31. The maximum Gasteiger partial charge on any atom is 0.155 e. The van der Waals surface area contributed by atoms with Crippen LogP contribution in [0.4, 0.5) is 0 Å². The van der Waals surface area contributed by atoms with Crippen LogP contribution >= 0.6 is 0 Å². The van der Waals surface area contributed by atoms with Crippen molar-refractivity contribution in [3.8, 4) is 0 Å². The van der Waals surface area contributed by atoms with Crippen LogP contribution in [0.3, 0.4) is 0 Å². The van der Waals surface area contributed by atoms with E-state index in [2.05, 4.69) is 28.1 Å². The van der Waals surface area contributed by atoms with Crippen molar-refractivity contribution < 1.29 is 0 Å². The lowest BCUT2D eigenvalue weighted by Crippen LogP contribution is -2.50. The molecule has 2 N–H and O–H groups in total. The van der Waals surface area contributed by atoms with Crippen LogP contribution in [-0.4, -0.2) is 51.2 Å². The molecule has 0 amide bonds. The number of nitrogens with zero attached hydrogens (tertiary/aromatic N) is 5. The zero-order valence-corrected chi connectivity index (χ0v) is 10.7. The van der Waals surface area contributed by atoms with E-state index in [0.29, 0.717) is 0 Å². The molecule has 0 spiro atoms. The summed E-state index contributed by atoms with van der Waals surface area (Å²) in [5.41, 5.74) is 1.98. The molecule has 6 nitrogen and oxygen atoms in total. The largest absolute Gasteiger partial charge is 0.303 e. The monoisotopic (exact) mass is 246 g/mol. The average Bonchev–Trinajstić information content (AvgIpc) is 2.72. The molecule has 2 aromatic heterocycles. The van der Waals surface area contributed by atoms with Crippen LogP contribution in [0.5, 0.6) is 0 Å². The number of likely N-dealkylation sites (N-methyl/N-ethyl adjacent to an activating group) is 1. The van der Waals surface area contributed by atoms with Gasteiger partial charge in [-0.15, -0.1) is 0 Å². The fraction of sp³-hybridized carbons (Fsp3) is 0.500. The van der Waals surface area contributed by atoms with Crippen molar-refractivity contribution in [1.82, 2.24) is 24.5 Å². The number of pyridine rings is 1. The Morgan fingerprint density at radius 3 is 3.00 bits per heavy atom. The summed E-state index contributed by atoms with van der Waals surface area (Å²) in [7, 11) is 2.12. The number of fused-ring (bicyclic) bond motifs is 1. The molecule has 3 heterocycles. The summed E-state index contributed by atoms with van der Waals surface area (Å²) in [4.78, 5) is 6.68. The Labute approximate surface area is 106 Å². The molecule has 1 unspecified atom stereocenters. The molecule has 3 rings (SSSR count). The van der Waals surface area contributed by atoms with Gasteiger partial charge in [-0.2, -0.15) is 5.10 Å². The van der Waals surface area contributed by atoms with Crippen LogP contribution in [-0.2, 0) is 0 Å². The van der Waals surface area contributed by atoms with E-state index in [-0.39, 0.29) is 6.04 Å². The number of hydrazine groups is 1. The molecule has 1 aliphatic rings. The quantitative estimate of drug-likeness (QED) is 0.728. The molecule has 0 bridgehead atoms.